The Morgan fingerprint density at radius 3 is 2.74 bits per heavy atom. The van der Waals surface area contributed by atoms with Gasteiger partial charge in [0.15, 0.2) is 0 Å². The number of rotatable bonds is 5. The third-order valence-corrected chi connectivity index (χ3v) is 6.13. The minimum Gasteiger partial charge on any atom is -0.467 e. The monoisotopic (exact) mass is 339 g/mol. The molecule has 6 heteroatoms. The topological polar surface area (TPSA) is 67.6 Å². The van der Waals surface area contributed by atoms with E-state index in [1.54, 1.807) is 6.26 Å². The van der Waals surface area contributed by atoms with E-state index in [9.17, 15) is 13.2 Å². The summed E-state index contributed by atoms with van der Waals surface area (Å²) >= 11 is 0. The van der Waals surface area contributed by atoms with Crippen molar-refractivity contribution in [2.24, 2.45) is 5.41 Å². The Balaban J connectivity index is 1.73. The van der Waals surface area contributed by atoms with Crippen molar-refractivity contribution in [3.05, 3.63) is 24.2 Å². The molecule has 1 aromatic heterocycles. The SMILES string of the molecule is CS(=O)(=O)CC1(CC(=O)N2CCCCCC2c2ccco2)CC1. The molecule has 2 heterocycles. The van der Waals surface area contributed by atoms with Crippen LogP contribution in [0, 0.1) is 5.41 Å². The predicted molar refractivity (Wildman–Crippen MR) is 87.6 cm³/mol. The molecule has 0 aromatic carbocycles. The minimum absolute atomic E-state index is 0.00552. The Kier molecular flexibility index (Phi) is 4.54. The van der Waals surface area contributed by atoms with Gasteiger partial charge in [-0.2, -0.15) is 0 Å². The Morgan fingerprint density at radius 2 is 2.13 bits per heavy atom. The second-order valence-corrected chi connectivity index (χ2v) is 9.35. The van der Waals surface area contributed by atoms with Crippen LogP contribution in [-0.2, 0) is 14.6 Å². The van der Waals surface area contributed by atoms with Crippen molar-refractivity contribution in [2.75, 3.05) is 18.6 Å². The first-order valence-corrected chi connectivity index (χ1v) is 10.5. The smallest absolute Gasteiger partial charge is 0.223 e. The number of furan rings is 1. The highest BCUT2D eigenvalue weighted by Crippen LogP contribution is 2.50. The average molecular weight is 339 g/mol. The molecule has 1 atom stereocenters. The molecule has 1 aliphatic carbocycles. The maximum atomic E-state index is 12.9. The van der Waals surface area contributed by atoms with E-state index in [0.717, 1.165) is 50.8 Å². The van der Waals surface area contributed by atoms with E-state index in [-0.39, 0.29) is 23.1 Å². The summed E-state index contributed by atoms with van der Waals surface area (Å²) in [7, 11) is -3.05. The van der Waals surface area contributed by atoms with Gasteiger partial charge in [0.2, 0.25) is 5.91 Å². The summed E-state index contributed by atoms with van der Waals surface area (Å²) < 4.78 is 28.8. The van der Waals surface area contributed by atoms with Crippen molar-refractivity contribution in [1.82, 2.24) is 4.90 Å². The fourth-order valence-electron chi connectivity index (χ4n) is 3.71. The summed E-state index contributed by atoms with van der Waals surface area (Å²) in [6.45, 7) is 0.735. The summed E-state index contributed by atoms with van der Waals surface area (Å²) in [6.07, 6.45) is 9.05. The molecule has 1 unspecified atom stereocenters. The molecular formula is C17H25NO4S. The molecule has 1 amide bonds. The first kappa shape index (κ1) is 16.6. The summed E-state index contributed by atoms with van der Waals surface area (Å²) in [5, 5.41) is 0. The minimum atomic E-state index is -3.05. The summed E-state index contributed by atoms with van der Waals surface area (Å²) in [4.78, 5) is 14.8. The second-order valence-electron chi connectivity index (χ2n) is 7.21. The zero-order valence-electron chi connectivity index (χ0n) is 13.7. The number of carbonyl (C=O) groups excluding carboxylic acids is 1. The van der Waals surface area contributed by atoms with Crippen LogP contribution in [0.3, 0.4) is 0 Å². The third-order valence-electron chi connectivity index (χ3n) is 5.00. The van der Waals surface area contributed by atoms with Gasteiger partial charge in [-0.1, -0.05) is 12.8 Å². The van der Waals surface area contributed by atoms with Crippen LogP contribution in [0.4, 0.5) is 0 Å². The number of likely N-dealkylation sites (tertiary alicyclic amines) is 1. The first-order chi connectivity index (χ1) is 10.9. The maximum absolute atomic E-state index is 12.9. The maximum Gasteiger partial charge on any atom is 0.223 e. The van der Waals surface area contributed by atoms with Gasteiger partial charge >= 0.3 is 0 Å². The van der Waals surface area contributed by atoms with Crippen molar-refractivity contribution in [3.8, 4) is 0 Å². The standard InChI is InChI=1S/C17H25NO4S/c1-23(20,21)13-17(8-9-17)12-16(19)18-10-4-2-3-6-14(18)15-7-5-11-22-15/h5,7,11,14H,2-4,6,8-10,12-13H2,1H3. The highest BCUT2D eigenvalue weighted by Gasteiger charge is 2.48. The van der Waals surface area contributed by atoms with Crippen LogP contribution in [0.2, 0.25) is 0 Å². The van der Waals surface area contributed by atoms with Crippen molar-refractivity contribution in [3.63, 3.8) is 0 Å². The Bertz CT molecular complexity index is 646. The predicted octanol–water partition coefficient (Wildman–Crippen LogP) is 2.94. The van der Waals surface area contributed by atoms with Crippen molar-refractivity contribution < 1.29 is 17.6 Å². The summed E-state index contributed by atoms with van der Waals surface area (Å²) in [5.41, 5.74) is -0.315. The van der Waals surface area contributed by atoms with E-state index in [0.29, 0.717) is 6.42 Å². The van der Waals surface area contributed by atoms with Crippen molar-refractivity contribution in [1.29, 1.82) is 0 Å². The van der Waals surface area contributed by atoms with E-state index >= 15 is 0 Å². The average Bonchev–Trinajstić information content (AvgIpc) is 3.05. The summed E-state index contributed by atoms with van der Waals surface area (Å²) in [6, 6.07) is 3.78. The Morgan fingerprint density at radius 1 is 1.35 bits per heavy atom. The fourth-order valence-corrected chi connectivity index (χ4v) is 5.21. The molecule has 0 spiro atoms. The molecule has 23 heavy (non-hydrogen) atoms. The zero-order chi connectivity index (χ0) is 16.5. The van der Waals surface area contributed by atoms with Gasteiger partial charge in [0.1, 0.15) is 15.6 Å². The molecule has 3 rings (SSSR count). The van der Waals surface area contributed by atoms with E-state index in [1.807, 2.05) is 17.0 Å². The molecule has 1 aliphatic heterocycles. The highest BCUT2D eigenvalue weighted by atomic mass is 32.2. The van der Waals surface area contributed by atoms with Crippen molar-refractivity contribution >= 4 is 15.7 Å². The zero-order valence-corrected chi connectivity index (χ0v) is 14.5. The van der Waals surface area contributed by atoms with Crippen molar-refractivity contribution in [2.45, 2.75) is 51.0 Å². The lowest BCUT2D eigenvalue weighted by Crippen LogP contribution is -2.37. The molecule has 128 valence electrons. The van der Waals surface area contributed by atoms with Crippen LogP contribution in [0.5, 0.6) is 0 Å². The van der Waals surface area contributed by atoms with Gasteiger partial charge in [-0.15, -0.1) is 0 Å². The van der Waals surface area contributed by atoms with Gasteiger partial charge in [0.05, 0.1) is 18.1 Å². The van der Waals surface area contributed by atoms with E-state index in [4.69, 9.17) is 4.42 Å². The van der Waals surface area contributed by atoms with E-state index in [1.165, 1.54) is 6.26 Å². The Labute approximate surface area is 138 Å². The second kappa shape index (κ2) is 6.30. The van der Waals surface area contributed by atoms with Crippen LogP contribution in [-0.4, -0.2) is 37.8 Å². The number of hydrogen-bond donors (Lipinski definition) is 0. The number of hydrogen-bond acceptors (Lipinski definition) is 4. The number of amides is 1. The number of nitrogens with zero attached hydrogens (tertiary/aromatic N) is 1. The quantitative estimate of drug-likeness (QED) is 0.827. The molecule has 1 saturated heterocycles. The Hall–Kier alpha value is -1.30. The number of sulfone groups is 1. The van der Waals surface area contributed by atoms with Gasteiger partial charge in [0, 0.05) is 19.2 Å². The highest BCUT2D eigenvalue weighted by molar-refractivity contribution is 7.90. The number of carbonyl (C=O) groups is 1. The van der Waals surface area contributed by atoms with Gasteiger partial charge in [-0.05, 0) is 43.2 Å². The van der Waals surface area contributed by atoms with E-state index < -0.39 is 9.84 Å². The molecule has 2 fully saturated rings. The largest absolute Gasteiger partial charge is 0.467 e. The van der Waals surface area contributed by atoms with Gasteiger partial charge in [-0.25, -0.2) is 8.42 Å². The summed E-state index contributed by atoms with van der Waals surface area (Å²) in [5.74, 6) is 1.05. The third kappa shape index (κ3) is 4.16. The molecule has 1 aromatic rings. The van der Waals surface area contributed by atoms with Gasteiger partial charge in [0.25, 0.3) is 0 Å². The van der Waals surface area contributed by atoms with E-state index in [2.05, 4.69) is 0 Å². The van der Waals surface area contributed by atoms with Gasteiger partial charge in [-0.3, -0.25) is 4.79 Å². The lowest BCUT2D eigenvalue weighted by molar-refractivity contribution is -0.135. The molecular weight excluding hydrogens is 314 g/mol. The van der Waals surface area contributed by atoms with Crippen LogP contribution >= 0.6 is 0 Å². The first-order valence-electron chi connectivity index (χ1n) is 8.39. The van der Waals surface area contributed by atoms with Gasteiger partial charge < -0.3 is 9.32 Å². The molecule has 0 radical (unpaired) electrons. The molecule has 0 bridgehead atoms. The van der Waals surface area contributed by atoms with Crippen LogP contribution in [0.1, 0.15) is 56.7 Å². The lowest BCUT2D eigenvalue weighted by atomic mass is 10.0. The molecule has 2 aliphatic rings. The molecule has 0 N–H and O–H groups in total. The van der Waals surface area contributed by atoms with Crippen LogP contribution < -0.4 is 0 Å². The fraction of sp³-hybridized carbons (Fsp3) is 0.706. The molecule has 5 nitrogen and oxygen atoms in total. The molecule has 1 saturated carbocycles. The lowest BCUT2D eigenvalue weighted by Gasteiger charge is -2.30. The van der Waals surface area contributed by atoms with Crippen LogP contribution in [0.15, 0.2) is 22.8 Å². The normalized spacial score (nSPS) is 24.2. The van der Waals surface area contributed by atoms with Crippen LogP contribution in [0.25, 0.3) is 0 Å².